The molecule has 0 bridgehead atoms. The predicted molar refractivity (Wildman–Crippen MR) is 83.7 cm³/mol. The maximum absolute atomic E-state index is 5.35. The van der Waals surface area contributed by atoms with Crippen molar-refractivity contribution < 1.29 is 4.74 Å². The Morgan fingerprint density at radius 3 is 2.90 bits per heavy atom. The van der Waals surface area contributed by atoms with Gasteiger partial charge in [0.05, 0.1) is 12.8 Å². The van der Waals surface area contributed by atoms with Crippen LogP contribution in [0.1, 0.15) is 11.1 Å². The summed E-state index contributed by atoms with van der Waals surface area (Å²) in [5, 5.41) is 3.44. The molecule has 0 atom stereocenters. The number of fused-ring (bicyclic) bond motifs is 1. The molecule has 0 fully saturated rings. The summed E-state index contributed by atoms with van der Waals surface area (Å²) in [5.74, 6) is 0.883. The molecule has 0 aliphatic carbocycles. The SMILES string of the molecule is COc1ccccc1NCc1ccc2c(c1)CCN2C. The summed E-state index contributed by atoms with van der Waals surface area (Å²) in [6.07, 6.45) is 1.15. The van der Waals surface area contributed by atoms with Crippen molar-refractivity contribution in [2.75, 3.05) is 30.9 Å². The molecule has 1 aliphatic heterocycles. The maximum atomic E-state index is 5.35. The minimum Gasteiger partial charge on any atom is -0.495 e. The van der Waals surface area contributed by atoms with Gasteiger partial charge in [-0.3, -0.25) is 0 Å². The van der Waals surface area contributed by atoms with Crippen molar-refractivity contribution in [3.8, 4) is 5.75 Å². The third-order valence-corrected chi connectivity index (χ3v) is 3.86. The van der Waals surface area contributed by atoms with Crippen molar-refractivity contribution >= 4 is 11.4 Å². The zero-order chi connectivity index (χ0) is 13.9. The van der Waals surface area contributed by atoms with E-state index >= 15 is 0 Å². The van der Waals surface area contributed by atoms with Gasteiger partial charge in [-0.15, -0.1) is 0 Å². The number of likely N-dealkylation sites (N-methyl/N-ethyl adjacent to an activating group) is 1. The van der Waals surface area contributed by atoms with Gasteiger partial charge in [-0.25, -0.2) is 0 Å². The molecule has 1 aliphatic rings. The molecular weight excluding hydrogens is 248 g/mol. The number of rotatable bonds is 4. The number of anilines is 2. The first-order valence-electron chi connectivity index (χ1n) is 6.98. The van der Waals surface area contributed by atoms with Gasteiger partial charge in [0.2, 0.25) is 0 Å². The van der Waals surface area contributed by atoms with Crippen LogP contribution in [0.4, 0.5) is 11.4 Å². The highest BCUT2D eigenvalue weighted by molar-refractivity contribution is 5.60. The second-order valence-electron chi connectivity index (χ2n) is 5.19. The van der Waals surface area contributed by atoms with Crippen molar-refractivity contribution in [1.29, 1.82) is 0 Å². The Morgan fingerprint density at radius 1 is 1.20 bits per heavy atom. The van der Waals surface area contributed by atoms with E-state index in [-0.39, 0.29) is 0 Å². The first kappa shape index (κ1) is 12.9. The molecule has 2 aromatic carbocycles. The fourth-order valence-electron chi connectivity index (χ4n) is 2.72. The number of nitrogens with one attached hydrogen (secondary N) is 1. The second-order valence-corrected chi connectivity index (χ2v) is 5.19. The van der Waals surface area contributed by atoms with E-state index in [0.29, 0.717) is 0 Å². The molecule has 1 N–H and O–H groups in total. The average Bonchev–Trinajstić information content (AvgIpc) is 2.86. The molecule has 1 heterocycles. The van der Waals surface area contributed by atoms with Crippen molar-refractivity contribution in [2.24, 2.45) is 0 Å². The van der Waals surface area contributed by atoms with Gasteiger partial charge in [0.1, 0.15) is 5.75 Å². The van der Waals surface area contributed by atoms with E-state index in [2.05, 4.69) is 35.5 Å². The van der Waals surface area contributed by atoms with E-state index in [4.69, 9.17) is 4.74 Å². The fraction of sp³-hybridized carbons (Fsp3) is 0.294. The molecule has 0 spiro atoms. The summed E-state index contributed by atoms with van der Waals surface area (Å²) in [7, 11) is 3.85. The Balaban J connectivity index is 1.73. The van der Waals surface area contributed by atoms with Gasteiger partial charge in [-0.2, -0.15) is 0 Å². The molecule has 3 rings (SSSR count). The minimum absolute atomic E-state index is 0.817. The fourth-order valence-corrected chi connectivity index (χ4v) is 2.72. The Hall–Kier alpha value is -2.16. The number of benzene rings is 2. The summed E-state index contributed by atoms with van der Waals surface area (Å²) in [6.45, 7) is 1.94. The minimum atomic E-state index is 0.817. The molecule has 0 amide bonds. The summed E-state index contributed by atoms with van der Waals surface area (Å²) in [6, 6.07) is 14.7. The first-order chi connectivity index (χ1) is 9.78. The number of hydrogen-bond acceptors (Lipinski definition) is 3. The topological polar surface area (TPSA) is 24.5 Å². The molecular formula is C17H20N2O. The van der Waals surface area contributed by atoms with Crippen molar-refractivity contribution in [1.82, 2.24) is 0 Å². The van der Waals surface area contributed by atoms with E-state index in [1.165, 1.54) is 16.8 Å². The van der Waals surface area contributed by atoms with Crippen LogP contribution in [0.25, 0.3) is 0 Å². The van der Waals surface area contributed by atoms with E-state index in [9.17, 15) is 0 Å². The lowest BCUT2D eigenvalue weighted by molar-refractivity contribution is 0.416. The van der Waals surface area contributed by atoms with Gasteiger partial charge in [-0.05, 0) is 35.7 Å². The lowest BCUT2D eigenvalue weighted by Gasteiger charge is -2.13. The van der Waals surface area contributed by atoms with E-state index in [0.717, 1.165) is 30.9 Å². The molecule has 0 saturated heterocycles. The highest BCUT2D eigenvalue weighted by Gasteiger charge is 2.15. The van der Waals surface area contributed by atoms with Gasteiger partial charge in [0.15, 0.2) is 0 Å². The van der Waals surface area contributed by atoms with Crippen molar-refractivity contribution in [3.05, 3.63) is 53.6 Å². The third kappa shape index (κ3) is 2.44. The van der Waals surface area contributed by atoms with Crippen LogP contribution in [0.15, 0.2) is 42.5 Å². The van der Waals surface area contributed by atoms with Crippen LogP contribution >= 0.6 is 0 Å². The molecule has 0 radical (unpaired) electrons. The van der Waals surface area contributed by atoms with Crippen LogP contribution in [-0.2, 0) is 13.0 Å². The van der Waals surface area contributed by atoms with Crippen LogP contribution in [-0.4, -0.2) is 20.7 Å². The van der Waals surface area contributed by atoms with Gasteiger partial charge < -0.3 is 15.0 Å². The van der Waals surface area contributed by atoms with Gasteiger partial charge >= 0.3 is 0 Å². The van der Waals surface area contributed by atoms with Crippen molar-refractivity contribution in [3.63, 3.8) is 0 Å². The molecule has 20 heavy (non-hydrogen) atoms. The number of methoxy groups -OCH3 is 1. The smallest absolute Gasteiger partial charge is 0.141 e. The second kappa shape index (κ2) is 5.45. The molecule has 0 aromatic heterocycles. The standard InChI is InChI=1S/C17H20N2O/c1-19-10-9-14-11-13(7-8-16(14)19)12-18-15-5-3-4-6-17(15)20-2/h3-8,11,18H,9-10,12H2,1-2H3. The summed E-state index contributed by atoms with van der Waals surface area (Å²) >= 11 is 0. The average molecular weight is 268 g/mol. The highest BCUT2D eigenvalue weighted by atomic mass is 16.5. The lowest BCUT2D eigenvalue weighted by atomic mass is 10.1. The van der Waals surface area contributed by atoms with Crippen molar-refractivity contribution in [2.45, 2.75) is 13.0 Å². The third-order valence-electron chi connectivity index (χ3n) is 3.86. The largest absolute Gasteiger partial charge is 0.495 e. The van der Waals surface area contributed by atoms with Gasteiger partial charge in [0.25, 0.3) is 0 Å². The highest BCUT2D eigenvalue weighted by Crippen LogP contribution is 2.28. The van der Waals surface area contributed by atoms with Crippen LogP contribution in [0.2, 0.25) is 0 Å². The van der Waals surface area contributed by atoms with Crippen LogP contribution in [0, 0.1) is 0 Å². The lowest BCUT2D eigenvalue weighted by Crippen LogP contribution is -2.12. The normalized spacial score (nSPS) is 13.2. The Labute approximate surface area is 120 Å². The summed E-state index contributed by atoms with van der Waals surface area (Å²) in [4.78, 5) is 2.31. The van der Waals surface area contributed by atoms with Gasteiger partial charge in [-0.1, -0.05) is 24.3 Å². The Kier molecular flexibility index (Phi) is 3.50. The molecule has 3 heteroatoms. The number of nitrogens with zero attached hydrogens (tertiary/aromatic N) is 1. The first-order valence-corrected chi connectivity index (χ1v) is 6.98. The van der Waals surface area contributed by atoms with Gasteiger partial charge in [0, 0.05) is 25.8 Å². The quantitative estimate of drug-likeness (QED) is 0.920. The molecule has 0 saturated carbocycles. The summed E-state index contributed by atoms with van der Waals surface area (Å²) in [5.41, 5.74) is 5.16. The van der Waals surface area contributed by atoms with E-state index < -0.39 is 0 Å². The van der Waals surface area contributed by atoms with Crippen LogP contribution in [0.3, 0.4) is 0 Å². The molecule has 2 aromatic rings. The molecule has 3 nitrogen and oxygen atoms in total. The van der Waals surface area contributed by atoms with Crippen LogP contribution in [0.5, 0.6) is 5.75 Å². The summed E-state index contributed by atoms with van der Waals surface area (Å²) < 4.78 is 5.35. The van der Waals surface area contributed by atoms with E-state index in [1.807, 2.05) is 24.3 Å². The maximum Gasteiger partial charge on any atom is 0.141 e. The monoisotopic (exact) mass is 268 g/mol. The molecule has 104 valence electrons. The van der Waals surface area contributed by atoms with E-state index in [1.54, 1.807) is 7.11 Å². The number of hydrogen-bond donors (Lipinski definition) is 1. The molecule has 0 unspecified atom stereocenters. The predicted octanol–water partition coefficient (Wildman–Crippen LogP) is 3.30. The zero-order valence-corrected chi connectivity index (χ0v) is 12.0. The Morgan fingerprint density at radius 2 is 2.05 bits per heavy atom. The number of ether oxygens (including phenoxy) is 1. The number of para-hydroxylation sites is 2. The Bertz CT molecular complexity index is 610. The zero-order valence-electron chi connectivity index (χ0n) is 12.0. The van der Waals surface area contributed by atoms with Crippen LogP contribution < -0.4 is 15.0 Å².